The lowest BCUT2D eigenvalue weighted by Gasteiger charge is -2.43. The van der Waals surface area contributed by atoms with Gasteiger partial charge in [0.2, 0.25) is 0 Å². The third-order valence-corrected chi connectivity index (χ3v) is 4.20. The molecule has 0 N–H and O–H groups in total. The van der Waals surface area contributed by atoms with E-state index in [4.69, 9.17) is 4.74 Å². The third-order valence-electron chi connectivity index (χ3n) is 4.20. The zero-order valence-corrected chi connectivity index (χ0v) is 11.5. The Hall–Kier alpha value is -0.730. The van der Waals surface area contributed by atoms with Gasteiger partial charge in [-0.3, -0.25) is 4.90 Å². The topological polar surface area (TPSA) is 29.5 Å². The Morgan fingerprint density at radius 3 is 2.25 bits per heavy atom. The average Bonchev–Trinajstić information content (AvgIpc) is 2.61. The van der Waals surface area contributed by atoms with E-state index in [-0.39, 0.29) is 23.1 Å². The minimum absolute atomic E-state index is 0.110. The fourth-order valence-corrected chi connectivity index (χ4v) is 2.07. The van der Waals surface area contributed by atoms with Crippen molar-refractivity contribution >= 4 is 6.09 Å². The van der Waals surface area contributed by atoms with Gasteiger partial charge in [-0.15, -0.1) is 0 Å². The number of amides is 1. The molecule has 16 heavy (non-hydrogen) atoms. The van der Waals surface area contributed by atoms with Crippen LogP contribution in [0.3, 0.4) is 0 Å². The number of hydrogen-bond acceptors (Lipinski definition) is 2. The van der Waals surface area contributed by atoms with E-state index in [1.165, 1.54) is 0 Å². The molecule has 1 aliphatic heterocycles. The Bertz CT molecular complexity index is 271. The van der Waals surface area contributed by atoms with Gasteiger partial charge in [0.05, 0.1) is 6.04 Å². The summed E-state index contributed by atoms with van der Waals surface area (Å²) in [5, 5.41) is 0. The molecule has 3 nitrogen and oxygen atoms in total. The predicted octanol–water partition coefficient (Wildman–Crippen LogP) is 3.43. The Balaban J connectivity index is 2.99. The van der Waals surface area contributed by atoms with Crippen LogP contribution in [0.25, 0.3) is 0 Å². The molecule has 0 aromatic heterocycles. The fraction of sp³-hybridized carbons (Fsp3) is 0.923. The maximum atomic E-state index is 11.9. The molecule has 0 bridgehead atoms. The van der Waals surface area contributed by atoms with Crippen LogP contribution in [0.1, 0.15) is 54.4 Å². The first-order chi connectivity index (χ1) is 7.26. The zero-order valence-electron chi connectivity index (χ0n) is 11.5. The highest BCUT2D eigenvalue weighted by molar-refractivity contribution is 5.71. The second kappa shape index (κ2) is 4.27. The molecule has 1 amide bonds. The van der Waals surface area contributed by atoms with Gasteiger partial charge in [0.1, 0.15) is 6.61 Å². The molecule has 94 valence electrons. The maximum Gasteiger partial charge on any atom is 0.410 e. The summed E-state index contributed by atoms with van der Waals surface area (Å²) in [5.74, 6) is 0. The van der Waals surface area contributed by atoms with Gasteiger partial charge in [0, 0.05) is 5.54 Å². The van der Waals surface area contributed by atoms with Crippen LogP contribution in [-0.2, 0) is 4.74 Å². The fourth-order valence-electron chi connectivity index (χ4n) is 2.07. The number of carbonyl (C=O) groups excluding carboxylic acids is 1. The van der Waals surface area contributed by atoms with E-state index in [1.54, 1.807) is 0 Å². The van der Waals surface area contributed by atoms with Crippen molar-refractivity contribution in [3.8, 4) is 0 Å². The van der Waals surface area contributed by atoms with Gasteiger partial charge in [-0.05, 0) is 32.1 Å². The highest BCUT2D eigenvalue weighted by Gasteiger charge is 2.47. The number of nitrogens with zero attached hydrogens (tertiary/aromatic N) is 1. The van der Waals surface area contributed by atoms with Crippen LogP contribution < -0.4 is 0 Å². The standard InChI is InChI=1S/C13H25NO2/c1-7-12(3,4)10-9-16-11(15)14(10)13(5,6)8-2/h10H,7-9H2,1-6H3. The van der Waals surface area contributed by atoms with Crippen LogP contribution in [-0.4, -0.2) is 29.2 Å². The molecule has 1 rings (SSSR count). The van der Waals surface area contributed by atoms with E-state index in [1.807, 2.05) is 4.90 Å². The third kappa shape index (κ3) is 2.18. The summed E-state index contributed by atoms with van der Waals surface area (Å²) < 4.78 is 5.24. The van der Waals surface area contributed by atoms with Crippen LogP contribution in [0, 0.1) is 5.41 Å². The van der Waals surface area contributed by atoms with E-state index in [2.05, 4.69) is 41.5 Å². The summed E-state index contributed by atoms with van der Waals surface area (Å²) in [5.41, 5.74) is -0.0106. The summed E-state index contributed by atoms with van der Waals surface area (Å²) in [6, 6.07) is 0.194. The molecular formula is C13H25NO2. The van der Waals surface area contributed by atoms with Gasteiger partial charge in [-0.1, -0.05) is 27.7 Å². The predicted molar refractivity (Wildman–Crippen MR) is 65.4 cm³/mol. The van der Waals surface area contributed by atoms with Gasteiger partial charge in [-0.25, -0.2) is 4.79 Å². The first-order valence-electron chi connectivity index (χ1n) is 6.22. The Morgan fingerprint density at radius 2 is 1.81 bits per heavy atom. The number of cyclic esters (lactones) is 1. The van der Waals surface area contributed by atoms with Crippen LogP contribution in [0.4, 0.5) is 4.79 Å². The maximum absolute atomic E-state index is 11.9. The molecule has 1 fully saturated rings. The van der Waals surface area contributed by atoms with Crippen molar-refractivity contribution in [1.29, 1.82) is 0 Å². The zero-order chi connectivity index (χ0) is 12.6. The van der Waals surface area contributed by atoms with Crippen molar-refractivity contribution in [3.05, 3.63) is 0 Å². The highest BCUT2D eigenvalue weighted by atomic mass is 16.6. The SMILES string of the molecule is CCC(C)(C)C1COC(=O)N1C(C)(C)CC. The second-order valence-electron chi connectivity index (χ2n) is 5.97. The van der Waals surface area contributed by atoms with Gasteiger partial charge in [-0.2, -0.15) is 0 Å². The molecular weight excluding hydrogens is 202 g/mol. The van der Waals surface area contributed by atoms with Gasteiger partial charge < -0.3 is 4.74 Å². The van der Waals surface area contributed by atoms with Crippen molar-refractivity contribution in [2.24, 2.45) is 5.41 Å². The molecule has 1 unspecified atom stereocenters. The first-order valence-corrected chi connectivity index (χ1v) is 6.22. The number of carbonyl (C=O) groups is 1. The average molecular weight is 227 g/mol. The van der Waals surface area contributed by atoms with Crippen LogP contribution >= 0.6 is 0 Å². The lowest BCUT2D eigenvalue weighted by Crippen LogP contribution is -2.53. The van der Waals surface area contributed by atoms with E-state index >= 15 is 0 Å². The Labute approximate surface area is 99.1 Å². The quantitative estimate of drug-likeness (QED) is 0.736. The second-order valence-corrected chi connectivity index (χ2v) is 5.97. The Kier molecular flexibility index (Phi) is 3.56. The van der Waals surface area contributed by atoms with Crippen molar-refractivity contribution < 1.29 is 9.53 Å². The van der Waals surface area contributed by atoms with E-state index in [0.29, 0.717) is 6.61 Å². The lowest BCUT2D eigenvalue weighted by atomic mass is 9.80. The summed E-state index contributed by atoms with van der Waals surface area (Å²) >= 11 is 0. The van der Waals surface area contributed by atoms with Crippen molar-refractivity contribution in [2.45, 2.75) is 66.0 Å². The van der Waals surface area contributed by atoms with E-state index in [9.17, 15) is 4.79 Å². The molecule has 1 saturated heterocycles. The molecule has 0 spiro atoms. The number of hydrogen-bond donors (Lipinski definition) is 0. The van der Waals surface area contributed by atoms with Gasteiger partial charge >= 0.3 is 6.09 Å². The molecule has 0 aliphatic carbocycles. The lowest BCUT2D eigenvalue weighted by molar-refractivity contribution is 0.0654. The summed E-state index contributed by atoms with van der Waals surface area (Å²) in [6.45, 7) is 13.4. The number of ether oxygens (including phenoxy) is 1. The van der Waals surface area contributed by atoms with Crippen molar-refractivity contribution in [1.82, 2.24) is 4.90 Å². The summed E-state index contributed by atoms with van der Waals surface area (Å²) in [4.78, 5) is 13.8. The number of rotatable bonds is 4. The van der Waals surface area contributed by atoms with Crippen LogP contribution in [0.2, 0.25) is 0 Å². The van der Waals surface area contributed by atoms with E-state index < -0.39 is 0 Å². The summed E-state index contributed by atoms with van der Waals surface area (Å²) in [6.07, 6.45) is 1.83. The molecule has 3 heteroatoms. The minimum atomic E-state index is -0.154. The smallest absolute Gasteiger partial charge is 0.410 e. The van der Waals surface area contributed by atoms with Gasteiger partial charge in [0.15, 0.2) is 0 Å². The van der Waals surface area contributed by atoms with Crippen LogP contribution in [0.15, 0.2) is 0 Å². The monoisotopic (exact) mass is 227 g/mol. The molecule has 1 heterocycles. The molecule has 0 saturated carbocycles. The van der Waals surface area contributed by atoms with Gasteiger partial charge in [0.25, 0.3) is 0 Å². The first kappa shape index (κ1) is 13.3. The molecule has 0 radical (unpaired) electrons. The molecule has 1 aliphatic rings. The van der Waals surface area contributed by atoms with Crippen molar-refractivity contribution in [2.75, 3.05) is 6.61 Å². The van der Waals surface area contributed by atoms with E-state index in [0.717, 1.165) is 12.8 Å². The normalized spacial score (nSPS) is 22.5. The Morgan fingerprint density at radius 1 is 1.25 bits per heavy atom. The molecule has 0 aromatic rings. The minimum Gasteiger partial charge on any atom is -0.447 e. The highest BCUT2D eigenvalue weighted by Crippen LogP contribution is 2.37. The summed E-state index contributed by atoms with van der Waals surface area (Å²) in [7, 11) is 0. The van der Waals surface area contributed by atoms with Crippen LogP contribution in [0.5, 0.6) is 0 Å². The molecule has 0 aromatic carbocycles. The largest absolute Gasteiger partial charge is 0.447 e. The van der Waals surface area contributed by atoms with Crippen molar-refractivity contribution in [3.63, 3.8) is 0 Å². The molecule has 1 atom stereocenters.